The van der Waals surface area contributed by atoms with Crippen molar-refractivity contribution in [3.8, 4) is 0 Å². The van der Waals surface area contributed by atoms with Crippen molar-refractivity contribution < 1.29 is 0 Å². The Bertz CT molecular complexity index is 159. The first kappa shape index (κ1) is 7.39. The molecule has 0 bridgehead atoms. The van der Waals surface area contributed by atoms with Gasteiger partial charge in [-0.05, 0) is 30.6 Å². The van der Waals surface area contributed by atoms with E-state index in [4.69, 9.17) is 0 Å². The van der Waals surface area contributed by atoms with Gasteiger partial charge in [-0.1, -0.05) is 38.3 Å². The Hall–Kier alpha value is -0.260. The standard InChI is InChI=1S/C11H18/c1-10-6-2-3-7-11(10)8-4-5-9-11/h4-5,10H,2-3,6-9H2,1H3. The van der Waals surface area contributed by atoms with E-state index < -0.39 is 0 Å². The third-order valence-corrected chi connectivity index (χ3v) is 3.82. The molecule has 0 aromatic heterocycles. The number of allylic oxidation sites excluding steroid dienone is 2. The first-order valence-corrected chi connectivity index (χ1v) is 4.98. The number of rotatable bonds is 0. The van der Waals surface area contributed by atoms with Crippen LogP contribution in [0.25, 0.3) is 0 Å². The van der Waals surface area contributed by atoms with Gasteiger partial charge in [0.25, 0.3) is 0 Å². The van der Waals surface area contributed by atoms with Gasteiger partial charge in [0.1, 0.15) is 0 Å². The molecule has 0 N–H and O–H groups in total. The summed E-state index contributed by atoms with van der Waals surface area (Å²) < 4.78 is 0. The average molecular weight is 150 g/mol. The summed E-state index contributed by atoms with van der Waals surface area (Å²) in [5, 5.41) is 0. The number of hydrogen-bond donors (Lipinski definition) is 0. The molecule has 1 atom stereocenters. The highest BCUT2D eigenvalue weighted by molar-refractivity contribution is 5.05. The van der Waals surface area contributed by atoms with Crippen LogP contribution in [-0.2, 0) is 0 Å². The molecule has 0 aliphatic heterocycles. The largest absolute Gasteiger partial charge is 0.0879 e. The van der Waals surface area contributed by atoms with Crippen LogP contribution < -0.4 is 0 Å². The van der Waals surface area contributed by atoms with Crippen LogP contribution >= 0.6 is 0 Å². The predicted molar refractivity (Wildman–Crippen MR) is 48.4 cm³/mol. The highest BCUT2D eigenvalue weighted by Gasteiger charge is 2.37. The van der Waals surface area contributed by atoms with Gasteiger partial charge in [0, 0.05) is 0 Å². The molecule has 62 valence electrons. The zero-order valence-corrected chi connectivity index (χ0v) is 7.47. The van der Waals surface area contributed by atoms with E-state index in [-0.39, 0.29) is 0 Å². The van der Waals surface area contributed by atoms with E-state index in [9.17, 15) is 0 Å². The summed E-state index contributed by atoms with van der Waals surface area (Å²) in [5.41, 5.74) is 0.720. The van der Waals surface area contributed by atoms with Crippen molar-refractivity contribution in [2.45, 2.75) is 45.4 Å². The molecule has 0 amide bonds. The first-order chi connectivity index (χ1) is 5.33. The van der Waals surface area contributed by atoms with Crippen molar-refractivity contribution in [3.05, 3.63) is 12.2 Å². The summed E-state index contributed by atoms with van der Waals surface area (Å²) in [5.74, 6) is 0.978. The normalized spacial score (nSPS) is 34.8. The van der Waals surface area contributed by atoms with Crippen LogP contribution in [0.2, 0.25) is 0 Å². The van der Waals surface area contributed by atoms with Gasteiger partial charge in [-0.25, -0.2) is 0 Å². The van der Waals surface area contributed by atoms with Gasteiger partial charge in [0.2, 0.25) is 0 Å². The summed E-state index contributed by atoms with van der Waals surface area (Å²) in [6.45, 7) is 2.45. The van der Waals surface area contributed by atoms with Crippen LogP contribution in [0.5, 0.6) is 0 Å². The maximum absolute atomic E-state index is 2.45. The molecule has 1 unspecified atom stereocenters. The molecular weight excluding hydrogens is 132 g/mol. The zero-order chi connectivity index (χ0) is 7.73. The quantitative estimate of drug-likeness (QED) is 0.463. The smallest absolute Gasteiger partial charge is 0.0203 e. The van der Waals surface area contributed by atoms with Crippen LogP contribution in [0.4, 0.5) is 0 Å². The minimum absolute atomic E-state index is 0.720. The second-order valence-electron chi connectivity index (χ2n) is 4.39. The van der Waals surface area contributed by atoms with E-state index >= 15 is 0 Å². The minimum atomic E-state index is 0.720. The highest BCUT2D eigenvalue weighted by Crippen LogP contribution is 2.49. The highest BCUT2D eigenvalue weighted by atomic mass is 14.4. The Kier molecular flexibility index (Phi) is 1.78. The summed E-state index contributed by atoms with van der Waals surface area (Å²) in [6, 6.07) is 0. The van der Waals surface area contributed by atoms with Gasteiger partial charge >= 0.3 is 0 Å². The van der Waals surface area contributed by atoms with E-state index in [0.29, 0.717) is 0 Å². The Balaban J connectivity index is 2.09. The molecular formula is C11H18. The summed E-state index contributed by atoms with van der Waals surface area (Å²) in [7, 11) is 0. The molecule has 11 heavy (non-hydrogen) atoms. The molecule has 0 aromatic carbocycles. The van der Waals surface area contributed by atoms with Crippen molar-refractivity contribution in [1.82, 2.24) is 0 Å². The van der Waals surface area contributed by atoms with E-state index in [1.807, 2.05) is 0 Å². The first-order valence-electron chi connectivity index (χ1n) is 4.98. The molecule has 1 spiro atoms. The minimum Gasteiger partial charge on any atom is -0.0879 e. The van der Waals surface area contributed by atoms with Gasteiger partial charge in [0.05, 0.1) is 0 Å². The fourth-order valence-corrected chi connectivity index (χ4v) is 2.81. The van der Waals surface area contributed by atoms with Crippen molar-refractivity contribution in [2.75, 3.05) is 0 Å². The second kappa shape index (κ2) is 2.66. The van der Waals surface area contributed by atoms with E-state index in [2.05, 4.69) is 19.1 Å². The average Bonchev–Trinajstić information content (AvgIpc) is 2.46. The molecule has 1 fully saturated rings. The summed E-state index contributed by atoms with van der Waals surface area (Å²) in [4.78, 5) is 0. The topological polar surface area (TPSA) is 0 Å². The third kappa shape index (κ3) is 1.13. The zero-order valence-electron chi connectivity index (χ0n) is 7.47. The molecule has 0 heterocycles. The van der Waals surface area contributed by atoms with Gasteiger partial charge in [-0.15, -0.1) is 0 Å². The van der Waals surface area contributed by atoms with Crippen molar-refractivity contribution >= 4 is 0 Å². The molecule has 0 nitrogen and oxygen atoms in total. The summed E-state index contributed by atoms with van der Waals surface area (Å²) >= 11 is 0. The molecule has 1 saturated carbocycles. The van der Waals surface area contributed by atoms with Crippen molar-refractivity contribution in [3.63, 3.8) is 0 Å². The third-order valence-electron chi connectivity index (χ3n) is 3.82. The van der Waals surface area contributed by atoms with Gasteiger partial charge < -0.3 is 0 Å². The van der Waals surface area contributed by atoms with E-state index in [0.717, 1.165) is 11.3 Å². The maximum Gasteiger partial charge on any atom is -0.0203 e. The van der Waals surface area contributed by atoms with E-state index in [1.54, 1.807) is 0 Å². The van der Waals surface area contributed by atoms with Gasteiger partial charge in [-0.3, -0.25) is 0 Å². The number of hydrogen-bond acceptors (Lipinski definition) is 0. The summed E-state index contributed by atoms with van der Waals surface area (Å²) in [6.07, 6.45) is 13.4. The monoisotopic (exact) mass is 150 g/mol. The molecule has 0 radical (unpaired) electrons. The lowest BCUT2D eigenvalue weighted by Gasteiger charge is -2.39. The van der Waals surface area contributed by atoms with Crippen LogP contribution in [-0.4, -0.2) is 0 Å². The SMILES string of the molecule is CC1CCCCC12CC=CC2. The van der Waals surface area contributed by atoms with Crippen molar-refractivity contribution in [1.29, 1.82) is 0 Å². The fourth-order valence-electron chi connectivity index (χ4n) is 2.81. The lowest BCUT2D eigenvalue weighted by molar-refractivity contribution is 0.123. The Morgan fingerprint density at radius 2 is 1.91 bits per heavy atom. The van der Waals surface area contributed by atoms with Crippen LogP contribution in [0.1, 0.15) is 45.4 Å². The van der Waals surface area contributed by atoms with Crippen LogP contribution in [0, 0.1) is 11.3 Å². The molecule has 0 heteroatoms. The second-order valence-corrected chi connectivity index (χ2v) is 4.39. The van der Waals surface area contributed by atoms with Gasteiger partial charge in [-0.2, -0.15) is 0 Å². The van der Waals surface area contributed by atoms with Crippen molar-refractivity contribution in [2.24, 2.45) is 11.3 Å². The van der Waals surface area contributed by atoms with Gasteiger partial charge in [0.15, 0.2) is 0 Å². The molecule has 0 aromatic rings. The van der Waals surface area contributed by atoms with Crippen LogP contribution in [0.15, 0.2) is 12.2 Å². The lowest BCUT2D eigenvalue weighted by Crippen LogP contribution is -2.29. The Morgan fingerprint density at radius 3 is 2.55 bits per heavy atom. The maximum atomic E-state index is 2.45. The molecule has 2 aliphatic rings. The molecule has 0 saturated heterocycles. The Labute approximate surface area is 69.7 Å². The van der Waals surface area contributed by atoms with E-state index in [1.165, 1.54) is 38.5 Å². The fraction of sp³-hybridized carbons (Fsp3) is 0.818. The molecule has 2 aliphatic carbocycles. The lowest BCUT2D eigenvalue weighted by atomic mass is 9.65. The predicted octanol–water partition coefficient (Wildman–Crippen LogP) is 3.53. The molecule has 2 rings (SSSR count). The Morgan fingerprint density at radius 1 is 1.18 bits per heavy atom. The van der Waals surface area contributed by atoms with Crippen LogP contribution in [0.3, 0.4) is 0 Å².